The van der Waals surface area contributed by atoms with Crippen molar-refractivity contribution < 1.29 is 24.8 Å². The number of hydrogen-bond donors (Lipinski definition) is 3. The van der Waals surface area contributed by atoms with Gasteiger partial charge in [0.15, 0.2) is 5.79 Å². The molecule has 0 amide bonds. The number of aliphatic hydroxyl groups is 3. The molecule has 0 aromatic carbocycles. The molecule has 0 aromatic heterocycles. The van der Waals surface area contributed by atoms with Gasteiger partial charge in [-0.1, -0.05) is 0 Å². The highest BCUT2D eigenvalue weighted by Crippen LogP contribution is 2.38. The minimum absolute atomic E-state index is 0.588. The summed E-state index contributed by atoms with van der Waals surface area (Å²) in [5.41, 5.74) is -1.65. The van der Waals surface area contributed by atoms with E-state index in [1.54, 1.807) is 6.92 Å². The summed E-state index contributed by atoms with van der Waals surface area (Å²) in [7, 11) is 1.38. The topological polar surface area (TPSA) is 79.2 Å². The lowest BCUT2D eigenvalue weighted by Crippen LogP contribution is -2.70. The van der Waals surface area contributed by atoms with Crippen LogP contribution in [0.5, 0.6) is 0 Å². The molecule has 84 valence electrons. The number of ether oxygens (including phenoxy) is 2. The van der Waals surface area contributed by atoms with Gasteiger partial charge in [0.1, 0.15) is 17.8 Å². The van der Waals surface area contributed by atoms with Crippen molar-refractivity contribution in [3.8, 4) is 0 Å². The molecule has 5 nitrogen and oxygen atoms in total. The first kappa shape index (κ1) is 11.9. The van der Waals surface area contributed by atoms with Crippen molar-refractivity contribution in [2.45, 2.75) is 50.5 Å². The van der Waals surface area contributed by atoms with Crippen LogP contribution in [0, 0.1) is 0 Å². The van der Waals surface area contributed by atoms with Crippen LogP contribution in [-0.4, -0.2) is 52.1 Å². The number of aliphatic hydroxyl groups excluding tert-OH is 2. The highest BCUT2D eigenvalue weighted by Gasteiger charge is 2.58. The van der Waals surface area contributed by atoms with E-state index in [9.17, 15) is 15.3 Å². The summed E-state index contributed by atoms with van der Waals surface area (Å²) >= 11 is 0. The molecular weight excluding hydrogens is 188 g/mol. The normalized spacial score (nSPS) is 54.6. The molecule has 0 aromatic rings. The van der Waals surface area contributed by atoms with E-state index in [-0.39, 0.29) is 0 Å². The summed E-state index contributed by atoms with van der Waals surface area (Å²) in [6, 6.07) is 0. The van der Waals surface area contributed by atoms with Gasteiger partial charge in [-0.25, -0.2) is 0 Å². The fourth-order valence-electron chi connectivity index (χ4n) is 1.66. The second kappa shape index (κ2) is 3.43. The van der Waals surface area contributed by atoms with Crippen molar-refractivity contribution in [3.05, 3.63) is 0 Å². The molecule has 1 fully saturated rings. The second-order valence-electron chi connectivity index (χ2n) is 4.06. The van der Waals surface area contributed by atoms with Crippen molar-refractivity contribution >= 4 is 0 Å². The van der Waals surface area contributed by atoms with Crippen LogP contribution in [0.2, 0.25) is 0 Å². The molecule has 1 aliphatic rings. The van der Waals surface area contributed by atoms with Crippen LogP contribution >= 0.6 is 0 Å². The minimum Gasteiger partial charge on any atom is -0.388 e. The first-order valence-electron chi connectivity index (χ1n) is 4.57. The lowest BCUT2D eigenvalue weighted by atomic mass is 9.82. The molecule has 0 bridgehead atoms. The lowest BCUT2D eigenvalue weighted by molar-refractivity contribution is -0.378. The summed E-state index contributed by atoms with van der Waals surface area (Å²) < 4.78 is 10.4. The monoisotopic (exact) mass is 206 g/mol. The maximum absolute atomic E-state index is 9.99. The Morgan fingerprint density at radius 3 is 2.21 bits per heavy atom. The van der Waals surface area contributed by atoms with E-state index in [2.05, 4.69) is 0 Å². The fourth-order valence-corrected chi connectivity index (χ4v) is 1.66. The summed E-state index contributed by atoms with van der Waals surface area (Å²) in [6.07, 6.45) is -3.00. The van der Waals surface area contributed by atoms with Gasteiger partial charge in [0, 0.05) is 7.11 Å². The maximum Gasteiger partial charge on any atom is 0.196 e. The standard InChI is InChI=1S/C9H18O5/c1-5-6(10)7(11)8(2,12)9(3,13-4)14-5/h5-7,10-12H,1-4H3/t5?,6-,7-,8?,9+/m1/s1. The second-order valence-corrected chi connectivity index (χ2v) is 4.06. The van der Waals surface area contributed by atoms with Crippen LogP contribution in [-0.2, 0) is 9.47 Å². The largest absolute Gasteiger partial charge is 0.388 e. The first-order chi connectivity index (χ1) is 6.26. The number of rotatable bonds is 1. The summed E-state index contributed by atoms with van der Waals surface area (Å²) in [5.74, 6) is -1.31. The van der Waals surface area contributed by atoms with Gasteiger partial charge in [0.25, 0.3) is 0 Å². The molecule has 2 unspecified atom stereocenters. The average Bonchev–Trinajstić information content (AvgIpc) is 2.12. The van der Waals surface area contributed by atoms with Crippen LogP contribution < -0.4 is 0 Å². The minimum atomic E-state index is -1.65. The molecule has 5 heteroatoms. The average molecular weight is 206 g/mol. The fraction of sp³-hybridized carbons (Fsp3) is 1.00. The zero-order valence-corrected chi connectivity index (χ0v) is 8.89. The Kier molecular flexibility index (Phi) is 2.91. The van der Waals surface area contributed by atoms with Gasteiger partial charge in [0.2, 0.25) is 0 Å². The van der Waals surface area contributed by atoms with Crippen molar-refractivity contribution in [3.63, 3.8) is 0 Å². The van der Waals surface area contributed by atoms with Crippen molar-refractivity contribution in [1.82, 2.24) is 0 Å². The van der Waals surface area contributed by atoms with Gasteiger partial charge in [-0.15, -0.1) is 0 Å². The van der Waals surface area contributed by atoms with Crippen LogP contribution in [0.1, 0.15) is 20.8 Å². The van der Waals surface area contributed by atoms with Gasteiger partial charge >= 0.3 is 0 Å². The van der Waals surface area contributed by atoms with E-state index in [4.69, 9.17) is 9.47 Å². The van der Waals surface area contributed by atoms with E-state index in [1.807, 2.05) is 0 Å². The van der Waals surface area contributed by atoms with Crippen LogP contribution in [0.15, 0.2) is 0 Å². The molecule has 1 aliphatic heterocycles. The zero-order chi connectivity index (χ0) is 11.1. The highest BCUT2D eigenvalue weighted by molar-refractivity contribution is 5.02. The van der Waals surface area contributed by atoms with E-state index in [1.165, 1.54) is 21.0 Å². The number of methoxy groups -OCH3 is 1. The quantitative estimate of drug-likeness (QED) is 0.525. The van der Waals surface area contributed by atoms with Gasteiger partial charge in [0.05, 0.1) is 6.10 Å². The lowest BCUT2D eigenvalue weighted by Gasteiger charge is -2.51. The smallest absolute Gasteiger partial charge is 0.196 e. The predicted molar refractivity (Wildman–Crippen MR) is 48.6 cm³/mol. The molecule has 5 atom stereocenters. The third-order valence-corrected chi connectivity index (χ3v) is 3.10. The third-order valence-electron chi connectivity index (χ3n) is 3.10. The van der Waals surface area contributed by atoms with Crippen LogP contribution in [0.25, 0.3) is 0 Å². The Morgan fingerprint density at radius 2 is 1.79 bits per heavy atom. The van der Waals surface area contributed by atoms with E-state index < -0.39 is 29.7 Å². The Balaban J connectivity index is 3.01. The van der Waals surface area contributed by atoms with Crippen LogP contribution in [0.4, 0.5) is 0 Å². The van der Waals surface area contributed by atoms with E-state index >= 15 is 0 Å². The summed E-state index contributed by atoms with van der Waals surface area (Å²) in [4.78, 5) is 0. The van der Waals surface area contributed by atoms with Crippen LogP contribution in [0.3, 0.4) is 0 Å². The number of hydrogen-bond acceptors (Lipinski definition) is 5. The molecular formula is C9H18O5. The molecule has 1 heterocycles. The Morgan fingerprint density at radius 1 is 1.29 bits per heavy atom. The van der Waals surface area contributed by atoms with Gasteiger partial charge < -0.3 is 24.8 Å². The molecule has 1 saturated heterocycles. The molecule has 1 rings (SSSR count). The highest BCUT2D eigenvalue weighted by atomic mass is 16.7. The van der Waals surface area contributed by atoms with E-state index in [0.29, 0.717) is 0 Å². The molecule has 0 aliphatic carbocycles. The summed E-state index contributed by atoms with van der Waals surface area (Å²) in [5, 5.41) is 29.2. The Bertz CT molecular complexity index is 214. The molecule has 3 N–H and O–H groups in total. The Labute approximate surface area is 83.3 Å². The maximum atomic E-state index is 9.99. The SMILES string of the molecule is CO[C@@]1(C)OC(C)[C@@H](O)[C@@H](O)C1(C)O. The molecule has 14 heavy (non-hydrogen) atoms. The molecule has 0 saturated carbocycles. The van der Waals surface area contributed by atoms with Gasteiger partial charge in [-0.3, -0.25) is 0 Å². The van der Waals surface area contributed by atoms with E-state index in [0.717, 1.165) is 0 Å². The molecule has 0 radical (unpaired) electrons. The van der Waals surface area contributed by atoms with Gasteiger partial charge in [-0.2, -0.15) is 0 Å². The predicted octanol–water partition coefficient (Wildman–Crippen LogP) is -0.759. The zero-order valence-electron chi connectivity index (χ0n) is 8.89. The van der Waals surface area contributed by atoms with Crippen molar-refractivity contribution in [2.75, 3.05) is 7.11 Å². The van der Waals surface area contributed by atoms with Crippen molar-refractivity contribution in [1.29, 1.82) is 0 Å². The Hall–Kier alpha value is -0.200. The summed E-state index contributed by atoms with van der Waals surface area (Å²) in [6.45, 7) is 4.51. The van der Waals surface area contributed by atoms with Gasteiger partial charge in [-0.05, 0) is 20.8 Å². The third kappa shape index (κ3) is 1.45. The van der Waals surface area contributed by atoms with Crippen molar-refractivity contribution in [2.24, 2.45) is 0 Å². The molecule has 0 spiro atoms. The first-order valence-corrected chi connectivity index (χ1v) is 4.57.